The van der Waals surface area contributed by atoms with E-state index in [1.165, 1.54) is 12.1 Å². The Hall–Kier alpha value is -3.55. The Morgan fingerprint density at radius 1 is 1.04 bits per heavy atom. The number of nitrogens with zero attached hydrogens (tertiary/aromatic N) is 2. The number of halogens is 1. The van der Waals surface area contributed by atoms with Gasteiger partial charge in [-0.1, -0.05) is 0 Å². The third kappa shape index (κ3) is 3.92. The van der Waals surface area contributed by atoms with Gasteiger partial charge in [0, 0.05) is 30.8 Å². The first kappa shape index (κ1) is 17.3. The van der Waals surface area contributed by atoms with Gasteiger partial charge in [-0.3, -0.25) is 19.7 Å². The number of hydrogen-bond acceptors (Lipinski definition) is 4. The Balaban J connectivity index is 1.98. The summed E-state index contributed by atoms with van der Waals surface area (Å²) in [5.74, 6) is -0.969. The van der Waals surface area contributed by atoms with E-state index < -0.39 is 5.91 Å². The lowest BCUT2D eigenvalue weighted by molar-refractivity contribution is -0.122. The third-order valence-electron chi connectivity index (χ3n) is 3.72. The van der Waals surface area contributed by atoms with Gasteiger partial charge in [-0.05, 0) is 42.0 Å². The number of benzene rings is 1. The maximum Gasteiger partial charge on any atom is 0.226 e. The molecule has 0 aliphatic rings. The molecule has 0 aliphatic heterocycles. The number of aromatic nitrogens is 3. The van der Waals surface area contributed by atoms with Crippen molar-refractivity contribution in [2.75, 3.05) is 5.32 Å². The molecule has 8 heteroatoms. The van der Waals surface area contributed by atoms with Crippen LogP contribution in [0.3, 0.4) is 0 Å². The van der Waals surface area contributed by atoms with Crippen LogP contribution in [0.5, 0.6) is 0 Å². The van der Waals surface area contributed by atoms with E-state index in [9.17, 15) is 14.0 Å². The SMILES string of the molecule is NC(=O)CCC(=O)Nc1n[nH]c(-c2ccc(F)cc2)c1-c1ccncc1. The van der Waals surface area contributed by atoms with E-state index in [1.807, 2.05) is 0 Å². The van der Waals surface area contributed by atoms with E-state index in [-0.39, 0.29) is 24.6 Å². The van der Waals surface area contributed by atoms with E-state index in [1.54, 1.807) is 36.7 Å². The van der Waals surface area contributed by atoms with Crippen LogP contribution < -0.4 is 11.1 Å². The molecule has 0 bridgehead atoms. The quantitative estimate of drug-likeness (QED) is 0.631. The van der Waals surface area contributed by atoms with Crippen LogP contribution in [0, 0.1) is 5.82 Å². The van der Waals surface area contributed by atoms with Crippen molar-refractivity contribution >= 4 is 17.6 Å². The number of nitrogens with two attached hydrogens (primary N) is 1. The van der Waals surface area contributed by atoms with Crippen LogP contribution in [0.25, 0.3) is 22.4 Å². The van der Waals surface area contributed by atoms with Crippen LogP contribution in [0.2, 0.25) is 0 Å². The van der Waals surface area contributed by atoms with E-state index in [0.717, 1.165) is 5.56 Å². The molecular formula is C18H16FN5O2. The van der Waals surface area contributed by atoms with Gasteiger partial charge in [0.15, 0.2) is 5.82 Å². The predicted octanol–water partition coefficient (Wildman–Crippen LogP) is 2.48. The topological polar surface area (TPSA) is 114 Å². The molecule has 132 valence electrons. The molecule has 0 aliphatic carbocycles. The molecule has 26 heavy (non-hydrogen) atoms. The smallest absolute Gasteiger partial charge is 0.226 e. The van der Waals surface area contributed by atoms with Gasteiger partial charge in [-0.15, -0.1) is 0 Å². The number of carbonyl (C=O) groups is 2. The molecule has 0 unspecified atom stereocenters. The second kappa shape index (κ2) is 7.56. The van der Waals surface area contributed by atoms with Crippen molar-refractivity contribution in [2.45, 2.75) is 12.8 Å². The highest BCUT2D eigenvalue weighted by Gasteiger charge is 2.18. The van der Waals surface area contributed by atoms with Gasteiger partial charge in [-0.25, -0.2) is 4.39 Å². The molecule has 3 rings (SSSR count). The lowest BCUT2D eigenvalue weighted by Gasteiger charge is -2.07. The number of hydrogen-bond donors (Lipinski definition) is 3. The first-order chi connectivity index (χ1) is 12.5. The highest BCUT2D eigenvalue weighted by Crippen LogP contribution is 2.35. The first-order valence-electron chi connectivity index (χ1n) is 7.87. The molecule has 0 fully saturated rings. The fraction of sp³-hybridized carbons (Fsp3) is 0.111. The minimum Gasteiger partial charge on any atom is -0.370 e. The summed E-state index contributed by atoms with van der Waals surface area (Å²) in [5.41, 5.74) is 7.83. The average Bonchev–Trinajstić information content (AvgIpc) is 3.05. The summed E-state index contributed by atoms with van der Waals surface area (Å²) in [4.78, 5) is 26.9. The maximum absolute atomic E-state index is 13.2. The van der Waals surface area contributed by atoms with Crippen molar-refractivity contribution in [3.8, 4) is 22.4 Å². The predicted molar refractivity (Wildman–Crippen MR) is 94.3 cm³/mol. The Labute approximate surface area is 148 Å². The Bertz CT molecular complexity index is 923. The fourth-order valence-electron chi connectivity index (χ4n) is 2.49. The van der Waals surface area contributed by atoms with Crippen LogP contribution in [0.1, 0.15) is 12.8 Å². The van der Waals surface area contributed by atoms with Gasteiger partial charge >= 0.3 is 0 Å². The molecule has 2 amide bonds. The molecule has 1 aromatic carbocycles. The van der Waals surface area contributed by atoms with Crippen molar-refractivity contribution in [1.29, 1.82) is 0 Å². The number of amides is 2. The minimum absolute atomic E-state index is 0.0378. The highest BCUT2D eigenvalue weighted by atomic mass is 19.1. The normalized spacial score (nSPS) is 10.5. The maximum atomic E-state index is 13.2. The number of nitrogens with one attached hydrogen (secondary N) is 2. The first-order valence-corrected chi connectivity index (χ1v) is 7.87. The standard InChI is InChI=1S/C18H16FN5O2/c19-13-3-1-12(2-4-13)17-16(11-7-9-21-10-8-11)18(24-23-17)22-15(26)6-5-14(20)25/h1-4,7-10H,5-6H2,(H2,20,25)(H2,22,23,24,26). The molecule has 0 saturated carbocycles. The molecule has 2 heterocycles. The van der Waals surface area contributed by atoms with Crippen molar-refractivity contribution in [1.82, 2.24) is 15.2 Å². The summed E-state index contributed by atoms with van der Waals surface area (Å²) >= 11 is 0. The van der Waals surface area contributed by atoms with E-state index in [4.69, 9.17) is 5.73 Å². The average molecular weight is 353 g/mol. The number of carbonyl (C=O) groups excluding carboxylic acids is 2. The second-order valence-corrected chi connectivity index (χ2v) is 5.58. The van der Waals surface area contributed by atoms with E-state index >= 15 is 0 Å². The molecule has 4 N–H and O–H groups in total. The summed E-state index contributed by atoms with van der Waals surface area (Å²) in [7, 11) is 0. The zero-order valence-electron chi connectivity index (χ0n) is 13.7. The van der Waals surface area contributed by atoms with Crippen molar-refractivity contribution in [3.05, 3.63) is 54.6 Å². The molecule has 0 spiro atoms. The fourth-order valence-corrected chi connectivity index (χ4v) is 2.49. The van der Waals surface area contributed by atoms with Gasteiger partial charge in [0.05, 0.1) is 11.3 Å². The van der Waals surface area contributed by atoms with Gasteiger partial charge < -0.3 is 11.1 Å². The Kier molecular flexibility index (Phi) is 5.02. The number of pyridine rings is 1. The van der Waals surface area contributed by atoms with Crippen molar-refractivity contribution < 1.29 is 14.0 Å². The zero-order chi connectivity index (χ0) is 18.5. The van der Waals surface area contributed by atoms with Gasteiger partial charge in [0.25, 0.3) is 0 Å². The lowest BCUT2D eigenvalue weighted by atomic mass is 10.0. The van der Waals surface area contributed by atoms with Gasteiger partial charge in [0.2, 0.25) is 11.8 Å². The number of aromatic amines is 1. The Morgan fingerprint density at radius 2 is 1.73 bits per heavy atom. The zero-order valence-corrected chi connectivity index (χ0v) is 13.7. The van der Waals surface area contributed by atoms with Crippen LogP contribution in [-0.4, -0.2) is 27.0 Å². The van der Waals surface area contributed by atoms with Gasteiger partial charge in [-0.2, -0.15) is 5.10 Å². The molecule has 3 aromatic rings. The summed E-state index contributed by atoms with van der Waals surface area (Å²) in [5, 5.41) is 9.73. The lowest BCUT2D eigenvalue weighted by Crippen LogP contribution is -2.17. The van der Waals surface area contributed by atoms with Crippen LogP contribution in [0.4, 0.5) is 10.2 Å². The molecular weight excluding hydrogens is 337 g/mol. The molecule has 7 nitrogen and oxygen atoms in total. The number of H-pyrrole nitrogens is 1. The van der Waals surface area contributed by atoms with Crippen LogP contribution in [0.15, 0.2) is 48.8 Å². The largest absolute Gasteiger partial charge is 0.370 e. The van der Waals surface area contributed by atoms with Gasteiger partial charge in [0.1, 0.15) is 5.82 Å². The molecule has 0 radical (unpaired) electrons. The summed E-state index contributed by atoms with van der Waals surface area (Å²) in [6.45, 7) is 0. The van der Waals surface area contributed by atoms with Crippen LogP contribution in [-0.2, 0) is 9.59 Å². The highest BCUT2D eigenvalue weighted by molar-refractivity contribution is 5.98. The minimum atomic E-state index is -0.552. The van der Waals surface area contributed by atoms with E-state index in [0.29, 0.717) is 22.6 Å². The van der Waals surface area contributed by atoms with E-state index in [2.05, 4.69) is 20.5 Å². The number of primary amides is 1. The van der Waals surface area contributed by atoms with Crippen molar-refractivity contribution in [3.63, 3.8) is 0 Å². The third-order valence-corrected chi connectivity index (χ3v) is 3.72. The van der Waals surface area contributed by atoms with Crippen molar-refractivity contribution in [2.24, 2.45) is 5.73 Å². The number of anilines is 1. The monoisotopic (exact) mass is 353 g/mol. The summed E-state index contributed by atoms with van der Waals surface area (Å²) < 4.78 is 13.2. The summed E-state index contributed by atoms with van der Waals surface area (Å²) in [6, 6.07) is 9.47. The molecule has 0 saturated heterocycles. The van der Waals surface area contributed by atoms with Crippen LogP contribution >= 0.6 is 0 Å². The Morgan fingerprint density at radius 3 is 2.38 bits per heavy atom. The summed E-state index contributed by atoms with van der Waals surface area (Å²) in [6.07, 6.45) is 3.15. The molecule has 0 atom stereocenters. The molecule has 2 aromatic heterocycles. The number of rotatable bonds is 6. The second-order valence-electron chi connectivity index (χ2n) is 5.58.